The van der Waals surface area contributed by atoms with Gasteiger partial charge < -0.3 is 4.57 Å². The van der Waals surface area contributed by atoms with Crippen molar-refractivity contribution >= 4 is 11.0 Å². The van der Waals surface area contributed by atoms with E-state index in [1.54, 1.807) is 6.20 Å². The van der Waals surface area contributed by atoms with Gasteiger partial charge in [0.1, 0.15) is 5.52 Å². The molecule has 0 aromatic carbocycles. The summed E-state index contributed by atoms with van der Waals surface area (Å²) in [5, 5.41) is 0. The highest BCUT2D eigenvalue weighted by molar-refractivity contribution is 5.92. The first-order valence-electron chi connectivity index (χ1n) is 4.52. The lowest BCUT2D eigenvalue weighted by atomic mass is 10.2. The van der Waals surface area contributed by atoms with Crippen LogP contribution in [0.15, 0.2) is 36.7 Å². The average molecular weight is 183 g/mol. The molecule has 1 aromatic heterocycles. The van der Waals surface area contributed by atoms with Gasteiger partial charge in [-0.05, 0) is 24.3 Å². The van der Waals surface area contributed by atoms with Gasteiger partial charge in [0.25, 0.3) is 0 Å². The summed E-state index contributed by atoms with van der Waals surface area (Å²) in [5.74, 6) is 0. The van der Waals surface area contributed by atoms with E-state index < -0.39 is 0 Å². The predicted octanol–water partition coefficient (Wildman–Crippen LogP) is 2.07. The zero-order chi connectivity index (χ0) is 9.54. The van der Waals surface area contributed by atoms with E-state index in [0.29, 0.717) is 0 Å². The molecule has 2 aliphatic rings. The van der Waals surface area contributed by atoms with Crippen molar-refractivity contribution < 1.29 is 0 Å². The summed E-state index contributed by atoms with van der Waals surface area (Å²) < 4.78 is 2.05. The second-order valence-electron chi connectivity index (χ2n) is 3.34. The number of nitrogens with zero attached hydrogens (tertiary/aromatic N) is 3. The summed E-state index contributed by atoms with van der Waals surface area (Å²) in [6, 6.07) is 7.90. The van der Waals surface area contributed by atoms with Crippen LogP contribution in [0.4, 0.5) is 0 Å². The van der Waals surface area contributed by atoms with Crippen molar-refractivity contribution in [1.29, 1.82) is 0 Å². The average Bonchev–Trinajstić information content (AvgIpc) is 2.57. The van der Waals surface area contributed by atoms with E-state index in [9.17, 15) is 0 Å². The number of pyridine rings is 2. The lowest BCUT2D eigenvalue weighted by Crippen LogP contribution is -1.94. The molecule has 0 atom stereocenters. The van der Waals surface area contributed by atoms with Gasteiger partial charge in [0.05, 0.1) is 16.9 Å². The third kappa shape index (κ3) is 0.865. The summed E-state index contributed by atoms with van der Waals surface area (Å²) in [6.45, 7) is 0. The lowest BCUT2D eigenvalue weighted by molar-refractivity contribution is 0.916. The fraction of sp³-hybridized carbons (Fsp3) is 0.0909. The summed E-state index contributed by atoms with van der Waals surface area (Å²) in [6.07, 6.45) is 3.81. The number of hydrogen-bond acceptors (Lipinski definition) is 2. The Labute approximate surface area is 81.4 Å². The Bertz CT molecular complexity index is 568. The molecule has 0 unspecified atom stereocenters. The number of aryl methyl sites for hydroxylation is 1. The Morgan fingerprint density at radius 3 is 3.07 bits per heavy atom. The topological polar surface area (TPSA) is 30.7 Å². The Hall–Kier alpha value is -1.90. The molecule has 0 saturated heterocycles. The maximum Gasteiger partial charge on any atom is 0.114 e. The number of hydrogen-bond donors (Lipinski definition) is 0. The normalized spacial score (nSPS) is 11.2. The molecular formula is C11H9N3. The van der Waals surface area contributed by atoms with Crippen molar-refractivity contribution in [2.45, 2.75) is 0 Å². The standard InChI is InChI=1S/C11H9N3/c1-14-7-3-5-9-11(14)10-8(13-9)4-2-6-12-10/h2-7H,1H3. The first-order valence-corrected chi connectivity index (χ1v) is 4.52. The molecule has 0 bridgehead atoms. The molecule has 3 heterocycles. The number of rotatable bonds is 0. The molecule has 0 aliphatic carbocycles. The third-order valence-electron chi connectivity index (χ3n) is 2.41. The Morgan fingerprint density at radius 2 is 2.14 bits per heavy atom. The summed E-state index contributed by atoms with van der Waals surface area (Å²) in [4.78, 5) is 8.84. The molecule has 3 nitrogen and oxygen atoms in total. The molecular weight excluding hydrogens is 174 g/mol. The van der Waals surface area contributed by atoms with Gasteiger partial charge in [-0.3, -0.25) is 4.98 Å². The van der Waals surface area contributed by atoms with Crippen LogP contribution in [0.2, 0.25) is 0 Å². The maximum absolute atomic E-state index is 4.49. The van der Waals surface area contributed by atoms with Gasteiger partial charge in [-0.25, -0.2) is 4.98 Å². The molecule has 2 aliphatic heterocycles. The SMILES string of the molecule is Cn1cccc2nc3cccnc3c1-2. The Morgan fingerprint density at radius 1 is 1.21 bits per heavy atom. The van der Waals surface area contributed by atoms with E-state index >= 15 is 0 Å². The molecule has 0 radical (unpaired) electrons. The van der Waals surface area contributed by atoms with Crippen LogP contribution in [0, 0.1) is 0 Å². The molecule has 0 amide bonds. The third-order valence-corrected chi connectivity index (χ3v) is 2.41. The van der Waals surface area contributed by atoms with Gasteiger partial charge in [-0.15, -0.1) is 0 Å². The number of aromatic nitrogens is 3. The maximum atomic E-state index is 4.49. The Kier molecular flexibility index (Phi) is 1.36. The molecule has 0 N–H and O–H groups in total. The second kappa shape index (κ2) is 2.54. The molecule has 1 aromatic rings. The Balaban J connectivity index is 2.57. The van der Waals surface area contributed by atoms with E-state index in [-0.39, 0.29) is 0 Å². The van der Waals surface area contributed by atoms with Crippen LogP contribution < -0.4 is 0 Å². The van der Waals surface area contributed by atoms with Crippen LogP contribution in [0.3, 0.4) is 0 Å². The largest absolute Gasteiger partial charge is 0.347 e. The zero-order valence-electron chi connectivity index (χ0n) is 7.81. The van der Waals surface area contributed by atoms with Gasteiger partial charge in [0, 0.05) is 19.4 Å². The van der Waals surface area contributed by atoms with Gasteiger partial charge in [0.15, 0.2) is 0 Å². The van der Waals surface area contributed by atoms with Crippen molar-refractivity contribution in [3.8, 4) is 11.4 Å². The van der Waals surface area contributed by atoms with E-state index in [2.05, 4.69) is 14.5 Å². The molecule has 3 rings (SSSR count). The van der Waals surface area contributed by atoms with Crippen molar-refractivity contribution in [3.05, 3.63) is 36.7 Å². The van der Waals surface area contributed by atoms with Crippen LogP contribution in [0.25, 0.3) is 22.4 Å². The monoisotopic (exact) mass is 183 g/mol. The van der Waals surface area contributed by atoms with Crippen LogP contribution in [0.5, 0.6) is 0 Å². The molecule has 68 valence electrons. The van der Waals surface area contributed by atoms with Gasteiger partial charge in [-0.1, -0.05) is 0 Å². The molecule has 0 spiro atoms. The van der Waals surface area contributed by atoms with E-state index in [4.69, 9.17) is 0 Å². The fourth-order valence-corrected chi connectivity index (χ4v) is 1.78. The van der Waals surface area contributed by atoms with Crippen molar-refractivity contribution in [3.63, 3.8) is 0 Å². The second-order valence-corrected chi connectivity index (χ2v) is 3.34. The summed E-state index contributed by atoms with van der Waals surface area (Å²) in [7, 11) is 2.01. The summed E-state index contributed by atoms with van der Waals surface area (Å²) in [5.41, 5.74) is 4.04. The van der Waals surface area contributed by atoms with Crippen LogP contribution in [0.1, 0.15) is 0 Å². The lowest BCUT2D eigenvalue weighted by Gasteiger charge is -2.04. The minimum atomic E-state index is 0.962. The van der Waals surface area contributed by atoms with Crippen LogP contribution in [-0.4, -0.2) is 14.5 Å². The molecule has 3 heteroatoms. The zero-order valence-corrected chi connectivity index (χ0v) is 7.81. The minimum Gasteiger partial charge on any atom is -0.347 e. The van der Waals surface area contributed by atoms with Crippen molar-refractivity contribution in [2.24, 2.45) is 7.05 Å². The van der Waals surface area contributed by atoms with Gasteiger partial charge in [0.2, 0.25) is 0 Å². The number of fused-ring (bicyclic) bond motifs is 3. The van der Waals surface area contributed by atoms with E-state index in [1.165, 1.54) is 0 Å². The van der Waals surface area contributed by atoms with Crippen LogP contribution in [-0.2, 0) is 7.05 Å². The van der Waals surface area contributed by atoms with Crippen molar-refractivity contribution in [1.82, 2.24) is 14.5 Å². The molecule has 0 saturated carbocycles. The predicted molar refractivity (Wildman–Crippen MR) is 55.1 cm³/mol. The summed E-state index contributed by atoms with van der Waals surface area (Å²) >= 11 is 0. The highest BCUT2D eigenvalue weighted by Gasteiger charge is 2.13. The van der Waals surface area contributed by atoms with Gasteiger partial charge >= 0.3 is 0 Å². The van der Waals surface area contributed by atoms with Crippen LogP contribution >= 0.6 is 0 Å². The highest BCUT2D eigenvalue weighted by atomic mass is 15.0. The smallest absolute Gasteiger partial charge is 0.114 e. The van der Waals surface area contributed by atoms with E-state index in [1.807, 2.05) is 37.5 Å². The van der Waals surface area contributed by atoms with Gasteiger partial charge in [-0.2, -0.15) is 0 Å². The first-order chi connectivity index (χ1) is 6.86. The molecule has 14 heavy (non-hydrogen) atoms. The fourth-order valence-electron chi connectivity index (χ4n) is 1.78. The molecule has 0 fully saturated rings. The highest BCUT2D eigenvalue weighted by Crippen LogP contribution is 2.27. The van der Waals surface area contributed by atoms with Crippen molar-refractivity contribution in [2.75, 3.05) is 0 Å². The quantitative estimate of drug-likeness (QED) is 0.534. The first kappa shape index (κ1) is 7.50. The minimum absolute atomic E-state index is 0.962. The van der Waals surface area contributed by atoms with E-state index in [0.717, 1.165) is 22.4 Å².